The molecule has 0 spiro atoms. The highest BCUT2D eigenvalue weighted by atomic mass is 32.1. The Morgan fingerprint density at radius 2 is 2.39 bits per heavy atom. The van der Waals surface area contributed by atoms with E-state index in [0.29, 0.717) is 11.8 Å². The third-order valence-corrected chi connectivity index (χ3v) is 4.35. The summed E-state index contributed by atoms with van der Waals surface area (Å²) < 4.78 is 0. The van der Waals surface area contributed by atoms with Gasteiger partial charge in [0, 0.05) is 18.3 Å². The van der Waals surface area contributed by atoms with Crippen LogP contribution in [0.1, 0.15) is 44.7 Å². The summed E-state index contributed by atoms with van der Waals surface area (Å²) in [4.78, 5) is 14.9. The molecule has 5 heteroatoms. The molecule has 100 valence electrons. The second-order valence-corrected chi connectivity index (χ2v) is 6.00. The highest BCUT2D eigenvalue weighted by molar-refractivity contribution is 7.13. The van der Waals surface area contributed by atoms with Crippen molar-refractivity contribution in [1.82, 2.24) is 4.98 Å². The van der Waals surface area contributed by atoms with E-state index in [1.165, 1.54) is 25.7 Å². The summed E-state index contributed by atoms with van der Waals surface area (Å²) in [7, 11) is 0. The van der Waals surface area contributed by atoms with Gasteiger partial charge in [0.25, 0.3) is 0 Å². The Morgan fingerprint density at radius 3 is 3.00 bits per heavy atom. The van der Waals surface area contributed by atoms with E-state index in [2.05, 4.69) is 17.2 Å². The molecule has 0 saturated heterocycles. The first-order valence-electron chi connectivity index (χ1n) is 6.54. The van der Waals surface area contributed by atoms with Crippen molar-refractivity contribution in [3.63, 3.8) is 0 Å². The predicted molar refractivity (Wildman–Crippen MR) is 73.1 cm³/mol. The fourth-order valence-corrected chi connectivity index (χ4v) is 2.97. The summed E-state index contributed by atoms with van der Waals surface area (Å²) >= 11 is 1.57. The number of nitrogens with zero attached hydrogens (tertiary/aromatic N) is 1. The minimum atomic E-state index is -0.766. The van der Waals surface area contributed by atoms with Crippen molar-refractivity contribution in [2.75, 3.05) is 11.9 Å². The second-order valence-electron chi connectivity index (χ2n) is 5.14. The molecule has 4 nitrogen and oxygen atoms in total. The molecule has 1 fully saturated rings. The van der Waals surface area contributed by atoms with Crippen molar-refractivity contribution in [3.8, 4) is 0 Å². The summed E-state index contributed by atoms with van der Waals surface area (Å²) in [5.74, 6) is -0.766. The molecule has 18 heavy (non-hydrogen) atoms. The summed E-state index contributed by atoms with van der Waals surface area (Å²) in [6, 6.07) is 0. The molecule has 2 N–H and O–H groups in total. The topological polar surface area (TPSA) is 62.2 Å². The van der Waals surface area contributed by atoms with E-state index in [4.69, 9.17) is 5.11 Å². The van der Waals surface area contributed by atoms with Crippen molar-refractivity contribution >= 4 is 22.4 Å². The summed E-state index contributed by atoms with van der Waals surface area (Å²) in [5.41, 5.74) is 1.40. The van der Waals surface area contributed by atoms with E-state index in [0.717, 1.165) is 17.4 Å². The maximum absolute atomic E-state index is 10.5. The number of aryl methyl sites for hydroxylation is 1. The van der Waals surface area contributed by atoms with Crippen molar-refractivity contribution in [2.45, 2.75) is 45.4 Å². The summed E-state index contributed by atoms with van der Waals surface area (Å²) in [6.45, 7) is 3.24. The zero-order valence-corrected chi connectivity index (χ0v) is 11.6. The molecular formula is C13H20N2O2S. The standard InChI is InChI=1S/C13H20N2O2S/c1-2-5-13(6-7-13)9-14-12-15-10(8-18-12)3-4-11(16)17/h8H,2-7,9H2,1H3,(H,14,15)(H,16,17). The zero-order valence-electron chi connectivity index (χ0n) is 10.7. The van der Waals surface area contributed by atoms with Crippen molar-refractivity contribution in [1.29, 1.82) is 0 Å². The number of carboxylic acids is 1. The molecule has 0 aliphatic heterocycles. The van der Waals surface area contributed by atoms with Gasteiger partial charge in [-0.15, -0.1) is 11.3 Å². The van der Waals surface area contributed by atoms with Gasteiger partial charge in [0.15, 0.2) is 5.13 Å². The minimum Gasteiger partial charge on any atom is -0.481 e. The smallest absolute Gasteiger partial charge is 0.303 e. The number of thiazole rings is 1. The van der Waals surface area contributed by atoms with Gasteiger partial charge in [-0.05, 0) is 24.7 Å². The number of carboxylic acid groups (broad SMARTS) is 1. The van der Waals surface area contributed by atoms with Crippen LogP contribution in [-0.4, -0.2) is 22.6 Å². The van der Waals surface area contributed by atoms with Crippen LogP contribution in [0, 0.1) is 5.41 Å². The molecular weight excluding hydrogens is 248 g/mol. The van der Waals surface area contributed by atoms with E-state index in [-0.39, 0.29) is 6.42 Å². The van der Waals surface area contributed by atoms with Gasteiger partial charge in [-0.2, -0.15) is 0 Å². The summed E-state index contributed by atoms with van der Waals surface area (Å²) in [6.07, 6.45) is 5.85. The third-order valence-electron chi connectivity index (χ3n) is 3.50. The quantitative estimate of drug-likeness (QED) is 0.760. The van der Waals surface area contributed by atoms with Crippen LogP contribution >= 0.6 is 11.3 Å². The third kappa shape index (κ3) is 3.70. The first-order chi connectivity index (χ1) is 8.63. The van der Waals surface area contributed by atoms with E-state index in [1.54, 1.807) is 11.3 Å². The highest BCUT2D eigenvalue weighted by Gasteiger charge is 2.41. The lowest BCUT2D eigenvalue weighted by Gasteiger charge is -2.13. The van der Waals surface area contributed by atoms with Gasteiger partial charge in [-0.25, -0.2) is 4.98 Å². The summed E-state index contributed by atoms with van der Waals surface area (Å²) in [5, 5.41) is 14.9. The first-order valence-corrected chi connectivity index (χ1v) is 7.42. The average molecular weight is 268 g/mol. The molecule has 0 atom stereocenters. The number of carbonyl (C=O) groups is 1. The normalized spacial score (nSPS) is 16.5. The van der Waals surface area contributed by atoms with Gasteiger partial charge in [0.05, 0.1) is 12.1 Å². The molecule has 0 radical (unpaired) electrons. The number of hydrogen-bond donors (Lipinski definition) is 2. The van der Waals surface area contributed by atoms with Crippen LogP contribution in [0.25, 0.3) is 0 Å². The fraction of sp³-hybridized carbons (Fsp3) is 0.692. The molecule has 1 aromatic rings. The molecule has 2 rings (SSSR count). The van der Waals surface area contributed by atoms with Gasteiger partial charge in [0.1, 0.15) is 0 Å². The molecule has 1 saturated carbocycles. The largest absolute Gasteiger partial charge is 0.481 e. The maximum Gasteiger partial charge on any atom is 0.303 e. The average Bonchev–Trinajstić information content (AvgIpc) is 2.94. The number of rotatable bonds is 8. The van der Waals surface area contributed by atoms with Crippen molar-refractivity contribution in [2.24, 2.45) is 5.41 Å². The van der Waals surface area contributed by atoms with E-state index in [1.807, 2.05) is 5.38 Å². The number of hydrogen-bond acceptors (Lipinski definition) is 4. The minimum absolute atomic E-state index is 0.156. The number of aromatic nitrogens is 1. The molecule has 1 aromatic heterocycles. The van der Waals surface area contributed by atoms with Gasteiger partial charge >= 0.3 is 5.97 Å². The molecule has 0 unspecified atom stereocenters. The Hall–Kier alpha value is -1.10. The van der Waals surface area contributed by atoms with E-state index < -0.39 is 5.97 Å². The fourth-order valence-electron chi connectivity index (χ4n) is 2.22. The first kappa shape index (κ1) is 13.3. The Labute approximate surface area is 111 Å². The lowest BCUT2D eigenvalue weighted by Crippen LogP contribution is -2.15. The lowest BCUT2D eigenvalue weighted by molar-refractivity contribution is -0.136. The molecule has 0 bridgehead atoms. The monoisotopic (exact) mass is 268 g/mol. The SMILES string of the molecule is CCCC1(CNc2nc(CCC(=O)O)cs2)CC1. The van der Waals surface area contributed by atoms with Crippen LogP contribution in [0.3, 0.4) is 0 Å². The molecule has 1 aliphatic carbocycles. The Morgan fingerprint density at radius 1 is 1.61 bits per heavy atom. The second kappa shape index (κ2) is 5.69. The van der Waals surface area contributed by atoms with Crippen LogP contribution in [-0.2, 0) is 11.2 Å². The van der Waals surface area contributed by atoms with Crippen molar-refractivity contribution < 1.29 is 9.90 Å². The molecule has 0 amide bonds. The van der Waals surface area contributed by atoms with Crippen LogP contribution in [0.2, 0.25) is 0 Å². The Kier molecular flexibility index (Phi) is 4.22. The molecule has 1 aliphatic rings. The molecule has 1 heterocycles. The van der Waals surface area contributed by atoms with Crippen LogP contribution < -0.4 is 5.32 Å². The Bertz CT molecular complexity index is 413. The predicted octanol–water partition coefficient (Wildman–Crippen LogP) is 3.15. The van der Waals surface area contributed by atoms with Crippen LogP contribution in [0.5, 0.6) is 0 Å². The Balaban J connectivity index is 1.78. The molecule has 0 aromatic carbocycles. The van der Waals surface area contributed by atoms with Crippen LogP contribution in [0.15, 0.2) is 5.38 Å². The number of aliphatic carboxylic acids is 1. The van der Waals surface area contributed by atoms with E-state index in [9.17, 15) is 4.79 Å². The van der Waals surface area contributed by atoms with Crippen molar-refractivity contribution in [3.05, 3.63) is 11.1 Å². The van der Waals surface area contributed by atoms with Gasteiger partial charge < -0.3 is 10.4 Å². The maximum atomic E-state index is 10.5. The number of nitrogens with one attached hydrogen (secondary N) is 1. The van der Waals surface area contributed by atoms with Gasteiger partial charge in [0.2, 0.25) is 0 Å². The van der Waals surface area contributed by atoms with E-state index >= 15 is 0 Å². The van der Waals surface area contributed by atoms with Gasteiger partial charge in [-0.3, -0.25) is 4.79 Å². The van der Waals surface area contributed by atoms with Crippen LogP contribution in [0.4, 0.5) is 5.13 Å². The number of anilines is 1. The van der Waals surface area contributed by atoms with Gasteiger partial charge in [-0.1, -0.05) is 13.3 Å². The lowest BCUT2D eigenvalue weighted by atomic mass is 10.0. The highest BCUT2D eigenvalue weighted by Crippen LogP contribution is 2.49. The zero-order chi connectivity index (χ0) is 13.0.